The fourth-order valence-corrected chi connectivity index (χ4v) is 3.43. The van der Waals surface area contributed by atoms with Gasteiger partial charge >= 0.3 is 0 Å². The molecule has 1 aliphatic heterocycles. The zero-order valence-electron chi connectivity index (χ0n) is 15.7. The number of amides is 2. The number of methoxy groups -OCH3 is 1. The lowest BCUT2D eigenvalue weighted by Crippen LogP contribution is -2.37. The summed E-state index contributed by atoms with van der Waals surface area (Å²) >= 11 is 0. The van der Waals surface area contributed by atoms with Crippen molar-refractivity contribution in [3.8, 4) is 0 Å². The molecule has 0 atom stereocenters. The van der Waals surface area contributed by atoms with Crippen molar-refractivity contribution in [1.82, 2.24) is 0 Å². The molecule has 3 rings (SSSR count). The number of anilines is 2. The second-order valence-electron chi connectivity index (χ2n) is 6.81. The molecule has 2 aromatic rings. The maximum Gasteiger partial charge on any atom is 0.252 e. The normalized spacial score (nSPS) is 13.1. The number of hydrogen-bond donors (Lipinski definition) is 1. The van der Waals surface area contributed by atoms with E-state index in [9.17, 15) is 9.59 Å². The number of carbonyl (C=O) groups is 2. The lowest BCUT2D eigenvalue weighted by Gasteiger charge is -2.29. The Morgan fingerprint density at radius 3 is 2.74 bits per heavy atom. The zero-order chi connectivity index (χ0) is 19.1. The van der Waals surface area contributed by atoms with Crippen LogP contribution in [0.3, 0.4) is 0 Å². The summed E-state index contributed by atoms with van der Waals surface area (Å²) in [5.41, 5.74) is 3.99. The van der Waals surface area contributed by atoms with Gasteiger partial charge in [0.2, 0.25) is 5.91 Å². The van der Waals surface area contributed by atoms with E-state index >= 15 is 0 Å². The molecule has 0 spiro atoms. The van der Waals surface area contributed by atoms with Crippen LogP contribution in [0, 0.1) is 0 Å². The lowest BCUT2D eigenvalue weighted by atomic mass is 10.0. The van der Waals surface area contributed by atoms with Crippen molar-refractivity contribution < 1.29 is 14.3 Å². The molecule has 0 saturated heterocycles. The van der Waals surface area contributed by atoms with Crippen molar-refractivity contribution in [3.63, 3.8) is 0 Å². The molecule has 0 bridgehead atoms. The Bertz CT molecular complexity index is 789. The van der Waals surface area contributed by atoms with E-state index < -0.39 is 0 Å². The Balaban J connectivity index is 1.59. The van der Waals surface area contributed by atoms with Crippen LogP contribution in [0.25, 0.3) is 0 Å². The van der Waals surface area contributed by atoms with Gasteiger partial charge in [-0.15, -0.1) is 0 Å². The van der Waals surface area contributed by atoms with Gasteiger partial charge in [-0.25, -0.2) is 0 Å². The van der Waals surface area contributed by atoms with E-state index in [0.29, 0.717) is 13.0 Å². The smallest absolute Gasteiger partial charge is 0.252 e. The van der Waals surface area contributed by atoms with E-state index in [1.54, 1.807) is 4.90 Å². The second kappa shape index (κ2) is 9.33. The van der Waals surface area contributed by atoms with Crippen LogP contribution in [0.2, 0.25) is 0 Å². The molecule has 5 heteroatoms. The van der Waals surface area contributed by atoms with Gasteiger partial charge in [-0.2, -0.15) is 0 Å². The predicted molar refractivity (Wildman–Crippen MR) is 107 cm³/mol. The van der Waals surface area contributed by atoms with Crippen LogP contribution >= 0.6 is 0 Å². The van der Waals surface area contributed by atoms with E-state index in [1.807, 2.05) is 36.4 Å². The number of nitrogens with zero attached hydrogens (tertiary/aromatic N) is 1. The van der Waals surface area contributed by atoms with Gasteiger partial charge in [-0.1, -0.05) is 36.4 Å². The fraction of sp³-hybridized carbons (Fsp3) is 0.364. The van der Waals surface area contributed by atoms with Crippen molar-refractivity contribution in [2.45, 2.75) is 32.1 Å². The first-order chi connectivity index (χ1) is 13.2. The fourth-order valence-electron chi connectivity index (χ4n) is 3.43. The summed E-state index contributed by atoms with van der Waals surface area (Å²) in [5.74, 6) is -0.0544. The molecule has 27 heavy (non-hydrogen) atoms. The van der Waals surface area contributed by atoms with E-state index in [2.05, 4.69) is 17.4 Å². The van der Waals surface area contributed by atoms with Gasteiger partial charge in [0.15, 0.2) is 0 Å². The van der Waals surface area contributed by atoms with Gasteiger partial charge in [-0.3, -0.25) is 9.59 Å². The molecule has 2 amide bonds. The monoisotopic (exact) mass is 366 g/mol. The topological polar surface area (TPSA) is 58.6 Å². The largest absolute Gasteiger partial charge is 0.375 e. The van der Waals surface area contributed by atoms with Gasteiger partial charge in [0.1, 0.15) is 6.61 Å². The summed E-state index contributed by atoms with van der Waals surface area (Å²) in [6.45, 7) is 0.749. The molecule has 0 radical (unpaired) electrons. The summed E-state index contributed by atoms with van der Waals surface area (Å²) in [6, 6.07) is 16.0. The van der Waals surface area contributed by atoms with Crippen LogP contribution in [0.4, 0.5) is 11.4 Å². The summed E-state index contributed by atoms with van der Waals surface area (Å²) < 4.78 is 4.99. The predicted octanol–water partition coefficient (Wildman–Crippen LogP) is 3.57. The van der Waals surface area contributed by atoms with E-state index in [4.69, 9.17) is 4.74 Å². The van der Waals surface area contributed by atoms with Gasteiger partial charge < -0.3 is 15.0 Å². The molecule has 2 aromatic carbocycles. The Labute approximate surface area is 160 Å². The number of hydrogen-bond acceptors (Lipinski definition) is 3. The highest BCUT2D eigenvalue weighted by Gasteiger charge is 2.22. The molecule has 1 N–H and O–H groups in total. The first-order valence-electron chi connectivity index (χ1n) is 9.43. The van der Waals surface area contributed by atoms with E-state index in [0.717, 1.165) is 42.6 Å². The van der Waals surface area contributed by atoms with Crippen molar-refractivity contribution in [2.24, 2.45) is 0 Å². The first-order valence-corrected chi connectivity index (χ1v) is 9.43. The van der Waals surface area contributed by atoms with Gasteiger partial charge in [0.05, 0.1) is 0 Å². The number of benzene rings is 2. The molecule has 0 aliphatic carbocycles. The minimum absolute atomic E-state index is 0.00328. The third kappa shape index (κ3) is 5.17. The standard InChI is InChI=1S/C22H26N2O3/c1-27-16-22(26)24-14-6-10-18-12-13-19(15-20(18)24)23-21(25)11-5-9-17-7-3-2-4-8-17/h2-4,7-8,12-13,15H,5-6,9-11,14,16H2,1H3,(H,23,25). The molecule has 5 nitrogen and oxygen atoms in total. The first kappa shape index (κ1) is 19.1. The van der Waals surface area contributed by atoms with Gasteiger partial charge in [-0.05, 0) is 48.9 Å². The number of nitrogens with one attached hydrogen (secondary N) is 1. The third-order valence-corrected chi connectivity index (χ3v) is 4.77. The molecule has 0 fully saturated rings. The Kier molecular flexibility index (Phi) is 6.60. The van der Waals surface area contributed by atoms with Crippen molar-refractivity contribution >= 4 is 23.2 Å². The van der Waals surface area contributed by atoms with Crippen LogP contribution in [0.1, 0.15) is 30.4 Å². The van der Waals surface area contributed by atoms with E-state index in [-0.39, 0.29) is 18.4 Å². The van der Waals surface area contributed by atoms with E-state index in [1.165, 1.54) is 12.7 Å². The summed E-state index contributed by atoms with van der Waals surface area (Å²) in [5, 5.41) is 2.96. The van der Waals surface area contributed by atoms with Crippen LogP contribution in [0.5, 0.6) is 0 Å². The average molecular weight is 366 g/mol. The maximum absolute atomic E-state index is 12.3. The highest BCUT2D eigenvalue weighted by molar-refractivity contribution is 5.97. The van der Waals surface area contributed by atoms with Crippen LogP contribution in [-0.2, 0) is 27.2 Å². The Hall–Kier alpha value is -2.66. The van der Waals surface area contributed by atoms with Crippen LogP contribution < -0.4 is 10.2 Å². The molecule has 142 valence electrons. The molecular formula is C22H26N2O3. The van der Waals surface area contributed by atoms with Crippen LogP contribution in [0.15, 0.2) is 48.5 Å². The van der Waals surface area contributed by atoms with Gasteiger partial charge in [0.25, 0.3) is 5.91 Å². The number of aryl methyl sites for hydroxylation is 2. The Morgan fingerprint density at radius 2 is 1.96 bits per heavy atom. The third-order valence-electron chi connectivity index (χ3n) is 4.77. The number of ether oxygens (including phenoxy) is 1. The van der Waals surface area contributed by atoms with Crippen LogP contribution in [-0.4, -0.2) is 32.1 Å². The number of fused-ring (bicyclic) bond motifs is 1. The molecule has 0 aromatic heterocycles. The minimum atomic E-state index is -0.0511. The zero-order valence-corrected chi connectivity index (χ0v) is 15.7. The highest BCUT2D eigenvalue weighted by atomic mass is 16.5. The minimum Gasteiger partial charge on any atom is -0.375 e. The van der Waals surface area contributed by atoms with Gasteiger partial charge in [0, 0.05) is 31.5 Å². The number of rotatable bonds is 7. The van der Waals surface area contributed by atoms with Crippen molar-refractivity contribution in [3.05, 3.63) is 59.7 Å². The lowest BCUT2D eigenvalue weighted by molar-refractivity contribution is -0.122. The van der Waals surface area contributed by atoms with Crippen molar-refractivity contribution in [2.75, 3.05) is 30.5 Å². The average Bonchev–Trinajstić information content (AvgIpc) is 2.68. The molecule has 0 unspecified atom stereocenters. The second-order valence-corrected chi connectivity index (χ2v) is 6.81. The summed E-state index contributed by atoms with van der Waals surface area (Å²) in [7, 11) is 1.52. The maximum atomic E-state index is 12.3. The molecule has 1 aliphatic rings. The summed E-state index contributed by atoms with van der Waals surface area (Å²) in [6.07, 6.45) is 4.04. The highest BCUT2D eigenvalue weighted by Crippen LogP contribution is 2.30. The van der Waals surface area contributed by atoms with Crippen molar-refractivity contribution in [1.29, 1.82) is 0 Å². The molecule has 0 saturated carbocycles. The quantitative estimate of drug-likeness (QED) is 0.815. The number of carbonyl (C=O) groups excluding carboxylic acids is 2. The Morgan fingerprint density at radius 1 is 1.15 bits per heavy atom. The molecular weight excluding hydrogens is 340 g/mol. The SMILES string of the molecule is COCC(=O)N1CCCc2ccc(NC(=O)CCCc3ccccc3)cc21. The molecule has 1 heterocycles. The summed E-state index contributed by atoms with van der Waals surface area (Å²) in [4.78, 5) is 26.3.